The van der Waals surface area contributed by atoms with Gasteiger partial charge in [-0.15, -0.1) is 0 Å². The third kappa shape index (κ3) is 3.72. The van der Waals surface area contributed by atoms with E-state index in [1.54, 1.807) is 35.5 Å². The number of hydrogen-bond donors (Lipinski definition) is 0. The topological polar surface area (TPSA) is 76.8 Å². The average molecular weight is 403 g/mol. The molecule has 7 heteroatoms. The lowest BCUT2D eigenvalue weighted by atomic mass is 10.1. The third-order valence-electron chi connectivity index (χ3n) is 6.21. The maximum absolute atomic E-state index is 12.6. The molecule has 1 saturated heterocycles. The molecule has 3 aromatic heterocycles. The van der Waals surface area contributed by atoms with Gasteiger partial charge in [0.2, 0.25) is 0 Å². The molecule has 0 spiro atoms. The molecule has 1 aliphatic carbocycles. The number of rotatable bonds is 4. The van der Waals surface area contributed by atoms with E-state index in [-0.39, 0.29) is 11.6 Å². The molecule has 0 N–H and O–H groups in total. The minimum absolute atomic E-state index is 0.0731. The van der Waals surface area contributed by atoms with E-state index in [4.69, 9.17) is 4.98 Å². The summed E-state index contributed by atoms with van der Waals surface area (Å²) in [7, 11) is 0. The predicted molar refractivity (Wildman–Crippen MR) is 115 cm³/mol. The van der Waals surface area contributed by atoms with Crippen molar-refractivity contribution in [3.05, 3.63) is 64.6 Å². The largest absolute Gasteiger partial charge is 0.351 e. The second kappa shape index (κ2) is 8.34. The Kier molecular flexibility index (Phi) is 5.26. The maximum atomic E-state index is 12.6. The minimum atomic E-state index is -0.0731. The average Bonchev–Trinajstić information content (AvgIpc) is 3.10. The SMILES string of the molecule is O=c1ccc(-c2cccnc2)nn1CC1CCCN1c1ncnc2c1CCCCC2. The van der Waals surface area contributed by atoms with Crippen LogP contribution in [0.2, 0.25) is 0 Å². The first-order valence-corrected chi connectivity index (χ1v) is 10.9. The zero-order valence-corrected chi connectivity index (χ0v) is 17.1. The lowest BCUT2D eigenvalue weighted by Gasteiger charge is -2.28. The Bertz CT molecular complexity index is 1080. The molecule has 1 atom stereocenters. The molecule has 2 aliphatic rings. The van der Waals surface area contributed by atoms with E-state index in [1.165, 1.54) is 30.5 Å². The summed E-state index contributed by atoms with van der Waals surface area (Å²) in [5.41, 5.74) is 4.12. The lowest BCUT2D eigenvalue weighted by molar-refractivity contribution is 0.488. The van der Waals surface area contributed by atoms with Gasteiger partial charge < -0.3 is 4.90 Å². The fraction of sp³-hybridized carbons (Fsp3) is 0.435. The van der Waals surface area contributed by atoms with Crippen molar-refractivity contribution in [1.29, 1.82) is 0 Å². The second-order valence-corrected chi connectivity index (χ2v) is 8.15. The highest BCUT2D eigenvalue weighted by Crippen LogP contribution is 2.31. The number of aromatic nitrogens is 5. The van der Waals surface area contributed by atoms with Crippen LogP contribution in [-0.2, 0) is 19.4 Å². The van der Waals surface area contributed by atoms with Gasteiger partial charge >= 0.3 is 0 Å². The van der Waals surface area contributed by atoms with Crippen LogP contribution in [0.25, 0.3) is 11.3 Å². The Labute approximate surface area is 175 Å². The van der Waals surface area contributed by atoms with Crippen molar-refractivity contribution in [1.82, 2.24) is 24.7 Å². The summed E-state index contributed by atoms with van der Waals surface area (Å²) in [6, 6.07) is 7.42. The minimum Gasteiger partial charge on any atom is -0.351 e. The Morgan fingerprint density at radius 2 is 1.97 bits per heavy atom. The van der Waals surface area contributed by atoms with Crippen molar-refractivity contribution in [3.63, 3.8) is 0 Å². The van der Waals surface area contributed by atoms with E-state index in [2.05, 4.69) is 20.0 Å². The molecule has 154 valence electrons. The van der Waals surface area contributed by atoms with Gasteiger partial charge in [0.05, 0.1) is 18.3 Å². The summed E-state index contributed by atoms with van der Waals surface area (Å²) in [5.74, 6) is 1.07. The van der Waals surface area contributed by atoms with Crippen LogP contribution in [0.1, 0.15) is 43.4 Å². The monoisotopic (exact) mass is 402 g/mol. The van der Waals surface area contributed by atoms with Gasteiger partial charge in [-0.1, -0.05) is 6.42 Å². The summed E-state index contributed by atoms with van der Waals surface area (Å²) in [6.45, 7) is 1.52. The summed E-state index contributed by atoms with van der Waals surface area (Å²) >= 11 is 0. The van der Waals surface area contributed by atoms with Gasteiger partial charge in [-0.25, -0.2) is 14.6 Å². The van der Waals surface area contributed by atoms with Crippen LogP contribution >= 0.6 is 0 Å². The van der Waals surface area contributed by atoms with Crippen molar-refractivity contribution >= 4 is 5.82 Å². The van der Waals surface area contributed by atoms with Gasteiger partial charge in [-0.3, -0.25) is 9.78 Å². The zero-order chi connectivity index (χ0) is 20.3. The summed E-state index contributed by atoms with van der Waals surface area (Å²) in [5, 5.41) is 4.64. The molecule has 0 aromatic carbocycles. The number of anilines is 1. The zero-order valence-electron chi connectivity index (χ0n) is 17.1. The van der Waals surface area contributed by atoms with E-state index < -0.39 is 0 Å². The molecule has 7 nitrogen and oxygen atoms in total. The molecular formula is C23H26N6O. The van der Waals surface area contributed by atoms with Crippen LogP contribution in [0.15, 0.2) is 47.8 Å². The standard InChI is InChI=1S/C23H26N6O/c30-22-11-10-20(17-6-4-12-24-14-17)27-29(22)15-18-7-5-13-28(18)23-19-8-2-1-3-9-21(19)25-16-26-23/h4,6,10-12,14,16,18H,1-3,5,7-9,13,15H2. The van der Waals surface area contributed by atoms with Gasteiger partial charge in [-0.05, 0) is 56.7 Å². The lowest BCUT2D eigenvalue weighted by Crippen LogP contribution is -2.38. The van der Waals surface area contributed by atoms with Gasteiger partial charge in [0.25, 0.3) is 5.56 Å². The maximum Gasteiger partial charge on any atom is 0.266 e. The first kappa shape index (κ1) is 18.9. The Morgan fingerprint density at radius 3 is 2.87 bits per heavy atom. The second-order valence-electron chi connectivity index (χ2n) is 8.15. The highest BCUT2D eigenvalue weighted by Gasteiger charge is 2.29. The molecule has 0 amide bonds. The quantitative estimate of drug-likeness (QED) is 0.625. The molecule has 0 bridgehead atoms. The van der Waals surface area contributed by atoms with Crippen LogP contribution in [0.4, 0.5) is 5.82 Å². The van der Waals surface area contributed by atoms with Gasteiger partial charge in [0, 0.05) is 41.8 Å². The van der Waals surface area contributed by atoms with Crippen molar-refractivity contribution < 1.29 is 0 Å². The van der Waals surface area contributed by atoms with Crippen molar-refractivity contribution in [2.75, 3.05) is 11.4 Å². The highest BCUT2D eigenvalue weighted by atomic mass is 16.1. The third-order valence-corrected chi connectivity index (χ3v) is 6.21. The molecule has 4 heterocycles. The molecule has 1 fully saturated rings. The van der Waals surface area contributed by atoms with E-state index in [0.29, 0.717) is 6.54 Å². The fourth-order valence-electron chi connectivity index (χ4n) is 4.68. The van der Waals surface area contributed by atoms with Crippen LogP contribution in [0.3, 0.4) is 0 Å². The number of fused-ring (bicyclic) bond motifs is 1. The van der Waals surface area contributed by atoms with Crippen molar-refractivity contribution in [2.45, 2.75) is 57.5 Å². The van der Waals surface area contributed by atoms with Crippen LogP contribution in [-0.4, -0.2) is 37.3 Å². The predicted octanol–water partition coefficient (Wildman–Crippen LogP) is 3.03. The molecule has 1 unspecified atom stereocenters. The van der Waals surface area contributed by atoms with Gasteiger partial charge in [0.15, 0.2) is 0 Å². The molecule has 1 aliphatic heterocycles. The summed E-state index contributed by atoms with van der Waals surface area (Å²) < 4.78 is 1.60. The summed E-state index contributed by atoms with van der Waals surface area (Å²) in [6.07, 6.45) is 13.1. The first-order chi connectivity index (χ1) is 14.8. The molecule has 0 saturated carbocycles. The van der Waals surface area contributed by atoms with Crippen molar-refractivity contribution in [3.8, 4) is 11.3 Å². The molecule has 5 rings (SSSR count). The highest BCUT2D eigenvalue weighted by molar-refractivity contribution is 5.56. The van der Waals surface area contributed by atoms with E-state index in [0.717, 1.165) is 49.3 Å². The van der Waals surface area contributed by atoms with Gasteiger partial charge in [-0.2, -0.15) is 5.10 Å². The van der Waals surface area contributed by atoms with E-state index in [9.17, 15) is 4.79 Å². The normalized spacial score (nSPS) is 18.8. The Morgan fingerprint density at radius 1 is 1.03 bits per heavy atom. The molecule has 0 radical (unpaired) electrons. The van der Waals surface area contributed by atoms with Gasteiger partial charge in [0.1, 0.15) is 12.1 Å². The summed E-state index contributed by atoms with van der Waals surface area (Å²) in [4.78, 5) is 28.4. The number of hydrogen-bond acceptors (Lipinski definition) is 6. The molecule has 30 heavy (non-hydrogen) atoms. The Balaban J connectivity index is 1.44. The number of aryl methyl sites for hydroxylation is 1. The number of nitrogens with zero attached hydrogens (tertiary/aromatic N) is 6. The number of pyridine rings is 1. The van der Waals surface area contributed by atoms with Crippen LogP contribution in [0, 0.1) is 0 Å². The van der Waals surface area contributed by atoms with Crippen LogP contribution in [0.5, 0.6) is 0 Å². The van der Waals surface area contributed by atoms with Crippen molar-refractivity contribution in [2.24, 2.45) is 0 Å². The molecule has 3 aromatic rings. The van der Waals surface area contributed by atoms with Crippen LogP contribution < -0.4 is 10.5 Å². The van der Waals surface area contributed by atoms with E-state index in [1.807, 2.05) is 12.1 Å². The Hall–Kier alpha value is -3.09. The van der Waals surface area contributed by atoms with E-state index >= 15 is 0 Å². The first-order valence-electron chi connectivity index (χ1n) is 10.9. The molecular weight excluding hydrogens is 376 g/mol. The fourth-order valence-corrected chi connectivity index (χ4v) is 4.68. The smallest absolute Gasteiger partial charge is 0.266 e.